The summed E-state index contributed by atoms with van der Waals surface area (Å²) in [6, 6.07) is 3.33. The number of hydrogen-bond acceptors (Lipinski definition) is 4. The van der Waals surface area contributed by atoms with Gasteiger partial charge in [-0.05, 0) is 30.9 Å². The molecule has 108 valence electrons. The van der Waals surface area contributed by atoms with Gasteiger partial charge >= 0.3 is 5.97 Å². The first-order chi connectivity index (χ1) is 9.56. The third kappa shape index (κ3) is 3.69. The van der Waals surface area contributed by atoms with Gasteiger partial charge in [0.15, 0.2) is 0 Å². The standard InChI is InChI=1S/C14H19N3O3/c1-10(18)15-8-11-4-6-17(7-5-11)12-2-3-13(14(19)20)16-9-12/h2-3,9,11H,4-8H2,1H3,(H,15,18)(H,19,20). The molecule has 0 atom stereocenters. The van der Waals surface area contributed by atoms with Crippen LogP contribution in [0.25, 0.3) is 0 Å². The van der Waals surface area contributed by atoms with E-state index in [4.69, 9.17) is 5.11 Å². The second-order valence-electron chi connectivity index (χ2n) is 5.07. The predicted molar refractivity (Wildman–Crippen MR) is 74.8 cm³/mol. The number of piperidine rings is 1. The molecule has 0 aromatic carbocycles. The second-order valence-corrected chi connectivity index (χ2v) is 5.07. The molecule has 0 spiro atoms. The summed E-state index contributed by atoms with van der Waals surface area (Å²) in [6.45, 7) is 4.07. The fourth-order valence-electron chi connectivity index (χ4n) is 2.38. The Bertz CT molecular complexity index is 479. The first kappa shape index (κ1) is 14.3. The van der Waals surface area contributed by atoms with Gasteiger partial charge in [-0.25, -0.2) is 9.78 Å². The molecule has 6 heteroatoms. The summed E-state index contributed by atoms with van der Waals surface area (Å²) in [7, 11) is 0. The highest BCUT2D eigenvalue weighted by molar-refractivity contribution is 5.85. The minimum absolute atomic E-state index is 0.0147. The maximum atomic E-state index is 10.9. The number of carbonyl (C=O) groups excluding carboxylic acids is 1. The smallest absolute Gasteiger partial charge is 0.354 e. The largest absolute Gasteiger partial charge is 0.477 e. The molecule has 2 heterocycles. The highest BCUT2D eigenvalue weighted by atomic mass is 16.4. The number of hydrogen-bond donors (Lipinski definition) is 2. The lowest BCUT2D eigenvalue weighted by molar-refractivity contribution is -0.119. The van der Waals surface area contributed by atoms with Crippen molar-refractivity contribution in [1.82, 2.24) is 10.3 Å². The van der Waals surface area contributed by atoms with Gasteiger partial charge in [0.2, 0.25) is 5.91 Å². The van der Waals surface area contributed by atoms with E-state index in [1.54, 1.807) is 12.3 Å². The number of aromatic carboxylic acids is 1. The summed E-state index contributed by atoms with van der Waals surface area (Å²) < 4.78 is 0. The number of carboxylic acid groups (broad SMARTS) is 1. The van der Waals surface area contributed by atoms with Crippen molar-refractivity contribution in [3.05, 3.63) is 24.0 Å². The minimum Gasteiger partial charge on any atom is -0.477 e. The van der Waals surface area contributed by atoms with Crippen LogP contribution in [0.3, 0.4) is 0 Å². The first-order valence-corrected chi connectivity index (χ1v) is 6.75. The molecule has 1 aromatic rings. The zero-order chi connectivity index (χ0) is 14.5. The Balaban J connectivity index is 1.87. The molecule has 1 aliphatic rings. The van der Waals surface area contributed by atoms with Crippen molar-refractivity contribution < 1.29 is 14.7 Å². The van der Waals surface area contributed by atoms with Crippen molar-refractivity contribution >= 4 is 17.6 Å². The van der Waals surface area contributed by atoms with Crippen LogP contribution in [-0.2, 0) is 4.79 Å². The van der Waals surface area contributed by atoms with E-state index in [0.29, 0.717) is 5.92 Å². The highest BCUT2D eigenvalue weighted by Crippen LogP contribution is 2.22. The van der Waals surface area contributed by atoms with Crippen molar-refractivity contribution in [2.45, 2.75) is 19.8 Å². The Morgan fingerprint density at radius 3 is 2.60 bits per heavy atom. The molecule has 6 nitrogen and oxygen atoms in total. The van der Waals surface area contributed by atoms with Crippen molar-refractivity contribution in [3.8, 4) is 0 Å². The maximum Gasteiger partial charge on any atom is 0.354 e. The summed E-state index contributed by atoms with van der Waals surface area (Å²) >= 11 is 0. The van der Waals surface area contributed by atoms with Gasteiger partial charge in [-0.15, -0.1) is 0 Å². The van der Waals surface area contributed by atoms with Crippen molar-refractivity contribution in [3.63, 3.8) is 0 Å². The van der Waals surface area contributed by atoms with Gasteiger partial charge in [0.1, 0.15) is 5.69 Å². The Hall–Kier alpha value is -2.11. The fourth-order valence-corrected chi connectivity index (χ4v) is 2.38. The van der Waals surface area contributed by atoms with Crippen LogP contribution >= 0.6 is 0 Å². The number of carboxylic acids is 1. The van der Waals surface area contributed by atoms with Crippen molar-refractivity contribution in [2.24, 2.45) is 5.92 Å². The summed E-state index contributed by atoms with van der Waals surface area (Å²) in [5, 5.41) is 11.7. The molecule has 0 saturated carbocycles. The Morgan fingerprint density at radius 1 is 1.40 bits per heavy atom. The molecule has 20 heavy (non-hydrogen) atoms. The zero-order valence-electron chi connectivity index (χ0n) is 11.5. The lowest BCUT2D eigenvalue weighted by atomic mass is 9.96. The van der Waals surface area contributed by atoms with Gasteiger partial charge in [-0.1, -0.05) is 0 Å². The van der Waals surface area contributed by atoms with Crippen LogP contribution in [-0.4, -0.2) is 41.6 Å². The Kier molecular flexibility index (Phi) is 4.55. The van der Waals surface area contributed by atoms with E-state index < -0.39 is 5.97 Å². The van der Waals surface area contributed by atoms with Crippen LogP contribution < -0.4 is 10.2 Å². The van der Waals surface area contributed by atoms with Crippen LogP contribution in [0.1, 0.15) is 30.3 Å². The molecule has 2 N–H and O–H groups in total. The third-order valence-corrected chi connectivity index (χ3v) is 3.59. The van der Waals surface area contributed by atoms with E-state index >= 15 is 0 Å². The van der Waals surface area contributed by atoms with E-state index in [1.165, 1.54) is 13.0 Å². The van der Waals surface area contributed by atoms with Crippen molar-refractivity contribution in [2.75, 3.05) is 24.5 Å². The molecule has 1 saturated heterocycles. The first-order valence-electron chi connectivity index (χ1n) is 6.75. The van der Waals surface area contributed by atoms with Crippen LogP contribution in [0.4, 0.5) is 5.69 Å². The molecule has 1 amide bonds. The maximum absolute atomic E-state index is 10.9. The molecule has 1 aromatic heterocycles. The number of amides is 1. The molecule has 0 bridgehead atoms. The number of rotatable bonds is 4. The molecule has 1 fully saturated rings. The van der Waals surface area contributed by atoms with Crippen LogP contribution in [0.15, 0.2) is 18.3 Å². The van der Waals surface area contributed by atoms with Crippen LogP contribution in [0.5, 0.6) is 0 Å². The van der Waals surface area contributed by atoms with Gasteiger partial charge in [-0.2, -0.15) is 0 Å². The summed E-state index contributed by atoms with van der Waals surface area (Å²) in [5.41, 5.74) is 1.02. The number of carbonyl (C=O) groups is 2. The van der Waals surface area contributed by atoms with Gasteiger partial charge in [0, 0.05) is 26.6 Å². The monoisotopic (exact) mass is 277 g/mol. The van der Waals surface area contributed by atoms with E-state index in [1.807, 2.05) is 0 Å². The van der Waals surface area contributed by atoms with Gasteiger partial charge in [-0.3, -0.25) is 4.79 Å². The molecular weight excluding hydrogens is 258 g/mol. The average molecular weight is 277 g/mol. The quantitative estimate of drug-likeness (QED) is 0.862. The number of pyridine rings is 1. The number of anilines is 1. The molecule has 0 radical (unpaired) electrons. The lowest BCUT2D eigenvalue weighted by Gasteiger charge is -2.33. The summed E-state index contributed by atoms with van der Waals surface area (Å²) in [5.74, 6) is -0.479. The van der Waals surface area contributed by atoms with Gasteiger partial charge in [0.25, 0.3) is 0 Å². The summed E-state index contributed by atoms with van der Waals surface area (Å²) in [4.78, 5) is 27.8. The second kappa shape index (κ2) is 6.36. The van der Waals surface area contributed by atoms with E-state index in [0.717, 1.165) is 38.2 Å². The molecule has 0 unspecified atom stereocenters. The van der Waals surface area contributed by atoms with Crippen LogP contribution in [0, 0.1) is 5.92 Å². The summed E-state index contributed by atoms with van der Waals surface area (Å²) in [6.07, 6.45) is 3.64. The van der Waals surface area contributed by atoms with E-state index in [9.17, 15) is 9.59 Å². The number of nitrogens with one attached hydrogen (secondary N) is 1. The van der Waals surface area contributed by atoms with Crippen molar-refractivity contribution in [1.29, 1.82) is 0 Å². The third-order valence-electron chi connectivity index (χ3n) is 3.59. The topological polar surface area (TPSA) is 82.5 Å². The van der Waals surface area contributed by atoms with Gasteiger partial charge in [0.05, 0.1) is 11.9 Å². The predicted octanol–water partition coefficient (Wildman–Crippen LogP) is 1.13. The minimum atomic E-state index is -1.01. The lowest BCUT2D eigenvalue weighted by Crippen LogP contribution is -2.38. The molecule has 2 rings (SSSR count). The Labute approximate surface area is 117 Å². The normalized spacial score (nSPS) is 15.9. The molecule has 0 aliphatic carbocycles. The molecule has 1 aliphatic heterocycles. The van der Waals surface area contributed by atoms with E-state index in [2.05, 4.69) is 15.2 Å². The fraction of sp³-hybridized carbons (Fsp3) is 0.500. The molecular formula is C14H19N3O3. The van der Waals surface area contributed by atoms with Gasteiger partial charge < -0.3 is 15.3 Å². The SMILES string of the molecule is CC(=O)NCC1CCN(c2ccc(C(=O)O)nc2)CC1. The average Bonchev–Trinajstić information content (AvgIpc) is 2.46. The highest BCUT2D eigenvalue weighted by Gasteiger charge is 2.20. The van der Waals surface area contributed by atoms with E-state index in [-0.39, 0.29) is 11.6 Å². The van der Waals surface area contributed by atoms with Crippen LogP contribution in [0.2, 0.25) is 0 Å². The number of aromatic nitrogens is 1. The Morgan fingerprint density at radius 2 is 2.10 bits per heavy atom. The zero-order valence-corrected chi connectivity index (χ0v) is 11.5. The number of nitrogens with zero attached hydrogens (tertiary/aromatic N) is 2.